The smallest absolute Gasteiger partial charge is 0.290 e. The number of carbonyl (C=O) groups is 1. The van der Waals surface area contributed by atoms with Gasteiger partial charge in [0.05, 0.1) is 29.8 Å². The molecule has 224 valence electrons. The number of ether oxygens (including phenoxy) is 4. The Morgan fingerprint density at radius 3 is 2.37 bits per heavy atom. The molecule has 0 saturated carbocycles. The Balaban J connectivity index is 1.18. The molecule has 5 rings (SSSR count). The van der Waals surface area contributed by atoms with E-state index in [4.69, 9.17) is 23.1 Å². The lowest BCUT2D eigenvalue weighted by Crippen LogP contribution is -2.38. The minimum atomic E-state index is -3.70. The van der Waals surface area contributed by atoms with E-state index in [0.717, 1.165) is 16.7 Å². The van der Waals surface area contributed by atoms with Crippen LogP contribution in [0.3, 0.4) is 0 Å². The molecule has 0 saturated heterocycles. The van der Waals surface area contributed by atoms with Crippen molar-refractivity contribution in [1.82, 2.24) is 0 Å². The van der Waals surface area contributed by atoms with Crippen LogP contribution in [0.25, 0.3) is 6.08 Å². The molecule has 43 heavy (non-hydrogen) atoms. The third-order valence-corrected chi connectivity index (χ3v) is 8.13. The number of rotatable bonds is 12. The number of nitrogens with one attached hydrogen (secondary N) is 1. The van der Waals surface area contributed by atoms with E-state index >= 15 is 0 Å². The van der Waals surface area contributed by atoms with Gasteiger partial charge in [0.2, 0.25) is 6.29 Å². The highest BCUT2D eigenvalue weighted by atomic mass is 32.2. The molecular formula is C33H33NO8S. The molecular weight excluding hydrogens is 570 g/mol. The molecule has 1 N–H and O–H groups in total. The van der Waals surface area contributed by atoms with Crippen molar-refractivity contribution >= 4 is 27.8 Å². The van der Waals surface area contributed by atoms with Crippen molar-refractivity contribution in [2.45, 2.75) is 19.6 Å². The van der Waals surface area contributed by atoms with Crippen LogP contribution in [0.4, 0.5) is 5.69 Å². The standard InChI is InChI=1S/C33H33NO8S/c1-3-41-43(36,37)20-19-23-9-14-26(15-10-23)39-21-24-11-18-29-30(22-40-33(38-2)31(24)29)32(35)34-25-12-16-28(17-13-25)42-27-7-5-4-6-8-27/h4-17,19-20,22,29,31,33H,3,18,21H2,1-2H3,(H,34,35)/b20-19+/t29-,31-,33-/m1/s1. The van der Waals surface area contributed by atoms with Crippen molar-refractivity contribution in [3.05, 3.63) is 113 Å². The zero-order valence-electron chi connectivity index (χ0n) is 23.8. The number of benzene rings is 3. The van der Waals surface area contributed by atoms with Crippen molar-refractivity contribution in [3.63, 3.8) is 0 Å². The summed E-state index contributed by atoms with van der Waals surface area (Å²) >= 11 is 0. The van der Waals surface area contributed by atoms with Gasteiger partial charge in [-0.05, 0) is 79.1 Å². The zero-order valence-corrected chi connectivity index (χ0v) is 24.7. The van der Waals surface area contributed by atoms with Gasteiger partial charge in [0.15, 0.2) is 0 Å². The summed E-state index contributed by atoms with van der Waals surface area (Å²) < 4.78 is 51.5. The van der Waals surface area contributed by atoms with Crippen molar-refractivity contribution in [1.29, 1.82) is 0 Å². The average Bonchev–Trinajstić information content (AvgIpc) is 3.45. The van der Waals surface area contributed by atoms with Crippen LogP contribution in [-0.4, -0.2) is 40.9 Å². The third kappa shape index (κ3) is 7.72. The van der Waals surface area contributed by atoms with Gasteiger partial charge in [0.25, 0.3) is 16.0 Å². The van der Waals surface area contributed by atoms with Gasteiger partial charge in [-0.1, -0.05) is 36.4 Å². The van der Waals surface area contributed by atoms with Gasteiger partial charge in [0.1, 0.15) is 23.9 Å². The zero-order chi connectivity index (χ0) is 30.2. The van der Waals surface area contributed by atoms with Gasteiger partial charge < -0.3 is 24.3 Å². The molecule has 0 bridgehead atoms. The van der Waals surface area contributed by atoms with E-state index in [1.54, 1.807) is 62.6 Å². The second-order valence-electron chi connectivity index (χ2n) is 9.91. The number of para-hydroxylation sites is 1. The van der Waals surface area contributed by atoms with E-state index in [1.807, 2.05) is 30.3 Å². The Morgan fingerprint density at radius 2 is 1.67 bits per heavy atom. The van der Waals surface area contributed by atoms with Gasteiger partial charge in [-0.25, -0.2) is 0 Å². The van der Waals surface area contributed by atoms with Crippen LogP contribution in [0.2, 0.25) is 0 Å². The highest BCUT2D eigenvalue weighted by Crippen LogP contribution is 2.43. The maximum Gasteiger partial charge on any atom is 0.290 e. The quantitative estimate of drug-likeness (QED) is 0.190. The van der Waals surface area contributed by atoms with Crippen LogP contribution in [0.5, 0.6) is 17.2 Å². The molecule has 0 radical (unpaired) electrons. The summed E-state index contributed by atoms with van der Waals surface area (Å²) in [5.41, 5.74) is 2.84. The normalized spacial score (nSPS) is 19.6. The van der Waals surface area contributed by atoms with Crippen LogP contribution < -0.4 is 14.8 Å². The third-order valence-electron chi connectivity index (χ3n) is 7.10. The molecule has 1 aliphatic carbocycles. The summed E-state index contributed by atoms with van der Waals surface area (Å²) in [6, 6.07) is 23.7. The van der Waals surface area contributed by atoms with E-state index in [1.165, 1.54) is 12.3 Å². The maximum atomic E-state index is 13.3. The molecule has 0 spiro atoms. The maximum absolute atomic E-state index is 13.3. The molecule has 0 aromatic heterocycles. The molecule has 10 heteroatoms. The van der Waals surface area contributed by atoms with Gasteiger partial charge in [0, 0.05) is 18.7 Å². The first kappa shape index (κ1) is 30.1. The van der Waals surface area contributed by atoms with Crippen LogP contribution in [-0.2, 0) is 28.6 Å². The van der Waals surface area contributed by atoms with Crippen molar-refractivity contribution in [2.75, 3.05) is 25.6 Å². The largest absolute Gasteiger partial charge is 0.489 e. The van der Waals surface area contributed by atoms with Crippen molar-refractivity contribution < 1.29 is 36.3 Å². The summed E-state index contributed by atoms with van der Waals surface area (Å²) in [5, 5.41) is 3.99. The molecule has 3 aromatic rings. The van der Waals surface area contributed by atoms with E-state index in [-0.39, 0.29) is 31.0 Å². The van der Waals surface area contributed by atoms with Gasteiger partial charge in [-0.15, -0.1) is 0 Å². The second-order valence-corrected chi connectivity index (χ2v) is 11.4. The molecule has 0 unspecified atom stereocenters. The lowest BCUT2D eigenvalue weighted by atomic mass is 9.83. The lowest BCUT2D eigenvalue weighted by Gasteiger charge is -2.34. The summed E-state index contributed by atoms with van der Waals surface area (Å²) in [6.07, 6.45) is 5.13. The Hall–Kier alpha value is -4.38. The number of fused-ring (bicyclic) bond motifs is 1. The number of anilines is 1. The number of hydrogen-bond donors (Lipinski definition) is 1. The topological polar surface area (TPSA) is 109 Å². The monoisotopic (exact) mass is 603 g/mol. The molecule has 9 nitrogen and oxygen atoms in total. The Labute approximate surface area is 251 Å². The molecule has 3 aromatic carbocycles. The number of methoxy groups -OCH3 is 1. The summed E-state index contributed by atoms with van der Waals surface area (Å²) in [4.78, 5) is 13.3. The van der Waals surface area contributed by atoms with Crippen LogP contribution in [0, 0.1) is 11.8 Å². The van der Waals surface area contributed by atoms with Gasteiger partial charge in [-0.2, -0.15) is 8.42 Å². The second kappa shape index (κ2) is 13.7. The number of carbonyl (C=O) groups excluding carboxylic acids is 1. The molecule has 1 amide bonds. The minimum absolute atomic E-state index is 0.0767. The van der Waals surface area contributed by atoms with E-state index < -0.39 is 16.4 Å². The van der Waals surface area contributed by atoms with Crippen LogP contribution in [0.1, 0.15) is 18.9 Å². The molecule has 1 heterocycles. The van der Waals surface area contributed by atoms with Crippen LogP contribution in [0.15, 0.2) is 108 Å². The predicted molar refractivity (Wildman–Crippen MR) is 163 cm³/mol. The van der Waals surface area contributed by atoms with E-state index in [2.05, 4.69) is 11.4 Å². The fourth-order valence-corrected chi connectivity index (χ4v) is 5.77. The number of amides is 1. The first-order chi connectivity index (χ1) is 20.8. The molecule has 3 atom stereocenters. The lowest BCUT2D eigenvalue weighted by molar-refractivity contribution is -0.134. The molecule has 0 fully saturated rings. The average molecular weight is 604 g/mol. The summed E-state index contributed by atoms with van der Waals surface area (Å²) in [7, 11) is -2.12. The molecule has 1 aliphatic heterocycles. The fraction of sp³-hybridized carbons (Fsp3) is 0.242. The minimum Gasteiger partial charge on any atom is -0.489 e. The fourth-order valence-electron chi connectivity index (χ4n) is 5.04. The first-order valence-electron chi connectivity index (χ1n) is 13.9. The van der Waals surface area contributed by atoms with E-state index in [9.17, 15) is 13.2 Å². The Kier molecular flexibility index (Phi) is 9.61. The predicted octanol–water partition coefficient (Wildman–Crippen LogP) is 6.28. The SMILES string of the molecule is CCOS(=O)(=O)/C=C/c1ccc(OCC2=CC[C@@H]3C(C(=O)Nc4ccc(Oc5ccccc5)cc4)=CO[C@@H](OC)[C@H]23)cc1. The summed E-state index contributed by atoms with van der Waals surface area (Å²) in [6.45, 7) is 1.98. The van der Waals surface area contributed by atoms with Gasteiger partial charge >= 0.3 is 0 Å². The number of allylic oxidation sites excluding steroid dienone is 1. The van der Waals surface area contributed by atoms with Gasteiger partial charge in [-0.3, -0.25) is 8.98 Å². The Morgan fingerprint density at radius 1 is 0.977 bits per heavy atom. The summed E-state index contributed by atoms with van der Waals surface area (Å²) in [5.74, 6) is 1.45. The van der Waals surface area contributed by atoms with E-state index in [0.29, 0.717) is 34.7 Å². The van der Waals surface area contributed by atoms with Crippen molar-refractivity contribution in [3.8, 4) is 17.2 Å². The Bertz CT molecular complexity index is 1600. The van der Waals surface area contributed by atoms with Crippen LogP contribution >= 0.6 is 0 Å². The highest BCUT2D eigenvalue weighted by molar-refractivity contribution is 7.89. The number of hydrogen-bond acceptors (Lipinski definition) is 8. The first-order valence-corrected chi connectivity index (χ1v) is 15.3. The molecule has 2 aliphatic rings. The van der Waals surface area contributed by atoms with Crippen molar-refractivity contribution in [2.24, 2.45) is 11.8 Å². The highest BCUT2D eigenvalue weighted by Gasteiger charge is 2.44.